The summed E-state index contributed by atoms with van der Waals surface area (Å²) in [6.07, 6.45) is 1.77. The number of hydrogen-bond donors (Lipinski definition) is 0. The van der Waals surface area contributed by atoms with Crippen LogP contribution >= 0.6 is 10.7 Å². The Morgan fingerprint density at radius 1 is 1.40 bits per heavy atom. The average molecular weight is 320 g/mol. The summed E-state index contributed by atoms with van der Waals surface area (Å²) in [5.74, 6) is -1.27. The molecule has 0 atom stereocenters. The van der Waals surface area contributed by atoms with E-state index in [2.05, 4.69) is 0 Å². The molecule has 1 amide bonds. The number of benzene rings is 1. The Hall–Kier alpha value is -1.14. The zero-order chi connectivity index (χ0) is 15.1. The predicted molar refractivity (Wildman–Crippen MR) is 73.8 cm³/mol. The molecule has 0 unspecified atom stereocenters. The van der Waals surface area contributed by atoms with Crippen molar-refractivity contribution < 1.29 is 17.6 Å². The van der Waals surface area contributed by atoms with Crippen LogP contribution in [0, 0.1) is 5.82 Å². The fraction of sp³-hybridized carbons (Fsp3) is 0.462. The van der Waals surface area contributed by atoms with Crippen LogP contribution in [0.4, 0.5) is 4.39 Å². The van der Waals surface area contributed by atoms with Crippen LogP contribution in [0.25, 0.3) is 0 Å². The number of amides is 1. The van der Waals surface area contributed by atoms with Crippen LogP contribution in [0.3, 0.4) is 0 Å². The Morgan fingerprint density at radius 3 is 2.55 bits per heavy atom. The molecule has 1 aromatic rings. The van der Waals surface area contributed by atoms with Crippen molar-refractivity contribution in [1.82, 2.24) is 4.90 Å². The number of carbonyl (C=O) groups excluding carboxylic acids is 1. The maximum absolute atomic E-state index is 13.5. The van der Waals surface area contributed by atoms with Crippen molar-refractivity contribution in [2.24, 2.45) is 0 Å². The number of likely N-dealkylation sites (tertiary alicyclic amines) is 1. The van der Waals surface area contributed by atoms with Gasteiger partial charge in [0.25, 0.3) is 15.0 Å². The second-order valence-corrected chi connectivity index (χ2v) is 7.99. The monoisotopic (exact) mass is 319 g/mol. The van der Waals surface area contributed by atoms with Crippen LogP contribution in [0.2, 0.25) is 0 Å². The molecule has 0 aromatic heterocycles. The summed E-state index contributed by atoms with van der Waals surface area (Å²) >= 11 is 0. The van der Waals surface area contributed by atoms with Gasteiger partial charge in [0.1, 0.15) is 10.7 Å². The molecule has 7 heteroatoms. The Morgan fingerprint density at radius 2 is 2.05 bits per heavy atom. The van der Waals surface area contributed by atoms with Crippen molar-refractivity contribution in [3.8, 4) is 0 Å². The van der Waals surface area contributed by atoms with E-state index < -0.39 is 19.8 Å². The summed E-state index contributed by atoms with van der Waals surface area (Å²) in [5, 5.41) is 0. The average Bonchev–Trinajstić information content (AvgIpc) is 2.67. The third-order valence-corrected chi connectivity index (χ3v) is 4.92. The van der Waals surface area contributed by atoms with Crippen LogP contribution in [-0.2, 0) is 9.05 Å². The fourth-order valence-electron chi connectivity index (χ4n) is 2.46. The van der Waals surface area contributed by atoms with Gasteiger partial charge in [0.05, 0.1) is 0 Å². The van der Waals surface area contributed by atoms with Gasteiger partial charge < -0.3 is 4.90 Å². The van der Waals surface area contributed by atoms with Crippen LogP contribution in [-0.4, -0.2) is 31.3 Å². The standard InChI is InChI=1S/C13H15ClFNO3S/c1-13(2)6-3-7-16(13)12(17)9-4-5-10(15)11(8-9)20(14,18)19/h4-5,8H,3,6-7H2,1-2H3. The van der Waals surface area contributed by atoms with E-state index in [-0.39, 0.29) is 17.0 Å². The molecule has 0 saturated carbocycles. The maximum atomic E-state index is 13.5. The van der Waals surface area contributed by atoms with Crippen LogP contribution in [0.1, 0.15) is 37.0 Å². The lowest BCUT2D eigenvalue weighted by atomic mass is 10.0. The molecule has 2 rings (SSSR count). The van der Waals surface area contributed by atoms with Gasteiger partial charge in [-0.25, -0.2) is 12.8 Å². The third-order valence-electron chi connectivity index (χ3n) is 3.59. The number of carbonyl (C=O) groups is 1. The topological polar surface area (TPSA) is 54.5 Å². The van der Waals surface area contributed by atoms with Crippen LogP contribution in [0.15, 0.2) is 23.1 Å². The molecule has 1 aromatic carbocycles. The quantitative estimate of drug-likeness (QED) is 0.788. The molecule has 0 bridgehead atoms. The first-order valence-corrected chi connectivity index (χ1v) is 8.50. The Balaban J connectivity index is 2.42. The van der Waals surface area contributed by atoms with E-state index in [9.17, 15) is 17.6 Å². The molecule has 4 nitrogen and oxygen atoms in total. The lowest BCUT2D eigenvalue weighted by Crippen LogP contribution is -2.42. The first-order chi connectivity index (χ1) is 9.13. The van der Waals surface area contributed by atoms with Gasteiger partial charge in [-0.05, 0) is 44.9 Å². The van der Waals surface area contributed by atoms with Crippen molar-refractivity contribution in [3.05, 3.63) is 29.6 Å². The number of hydrogen-bond acceptors (Lipinski definition) is 3. The Labute approximate surface area is 121 Å². The highest BCUT2D eigenvalue weighted by atomic mass is 35.7. The van der Waals surface area contributed by atoms with Gasteiger partial charge in [0.15, 0.2) is 0 Å². The molecule has 0 aliphatic carbocycles. The smallest absolute Gasteiger partial charge is 0.264 e. The Kier molecular flexibility index (Phi) is 3.81. The van der Waals surface area contributed by atoms with E-state index >= 15 is 0 Å². The highest BCUT2D eigenvalue weighted by Gasteiger charge is 2.36. The predicted octanol–water partition coefficient (Wildman–Crippen LogP) is 2.77. The van der Waals surface area contributed by atoms with Gasteiger partial charge in [-0.15, -0.1) is 0 Å². The summed E-state index contributed by atoms with van der Waals surface area (Å²) in [5.41, 5.74) is -0.161. The minimum atomic E-state index is -4.22. The van der Waals surface area contributed by atoms with Crippen molar-refractivity contribution in [1.29, 1.82) is 0 Å². The third kappa shape index (κ3) is 2.81. The summed E-state index contributed by atoms with van der Waals surface area (Å²) in [7, 11) is 0.948. The molecule has 110 valence electrons. The minimum Gasteiger partial charge on any atom is -0.334 e. The van der Waals surface area contributed by atoms with Crippen molar-refractivity contribution in [2.45, 2.75) is 37.1 Å². The summed E-state index contributed by atoms with van der Waals surface area (Å²) in [6, 6.07) is 3.22. The van der Waals surface area contributed by atoms with Gasteiger partial charge in [-0.3, -0.25) is 4.79 Å². The summed E-state index contributed by atoms with van der Waals surface area (Å²) < 4.78 is 36.0. The molecule has 0 radical (unpaired) electrons. The van der Waals surface area contributed by atoms with E-state index in [1.54, 1.807) is 4.90 Å². The summed E-state index contributed by atoms with van der Waals surface area (Å²) in [6.45, 7) is 4.49. The highest BCUT2D eigenvalue weighted by molar-refractivity contribution is 8.13. The molecule has 1 aliphatic rings. The molecular formula is C13H15ClFNO3S. The lowest BCUT2D eigenvalue weighted by molar-refractivity contribution is 0.0651. The maximum Gasteiger partial charge on any atom is 0.264 e. The Bertz CT molecular complexity index is 658. The molecule has 20 heavy (non-hydrogen) atoms. The van der Waals surface area contributed by atoms with E-state index in [0.717, 1.165) is 25.0 Å². The van der Waals surface area contributed by atoms with E-state index in [0.29, 0.717) is 6.54 Å². The highest BCUT2D eigenvalue weighted by Crippen LogP contribution is 2.30. The zero-order valence-electron chi connectivity index (χ0n) is 11.2. The van der Waals surface area contributed by atoms with Gasteiger partial charge >= 0.3 is 0 Å². The molecular weight excluding hydrogens is 305 g/mol. The van der Waals surface area contributed by atoms with Crippen molar-refractivity contribution in [2.75, 3.05) is 6.54 Å². The molecule has 1 aliphatic heterocycles. The molecule has 0 N–H and O–H groups in total. The fourth-order valence-corrected chi connectivity index (χ4v) is 3.39. The molecule has 1 fully saturated rings. The van der Waals surface area contributed by atoms with Gasteiger partial charge in [0.2, 0.25) is 0 Å². The number of halogens is 2. The molecule has 1 saturated heterocycles. The normalized spacial score (nSPS) is 18.3. The first-order valence-electron chi connectivity index (χ1n) is 6.19. The number of nitrogens with zero attached hydrogens (tertiary/aromatic N) is 1. The molecule has 0 spiro atoms. The van der Waals surface area contributed by atoms with Gasteiger partial charge in [-0.2, -0.15) is 0 Å². The van der Waals surface area contributed by atoms with E-state index in [1.165, 1.54) is 6.07 Å². The van der Waals surface area contributed by atoms with Gasteiger partial charge in [-0.1, -0.05) is 0 Å². The van der Waals surface area contributed by atoms with E-state index in [4.69, 9.17) is 10.7 Å². The second kappa shape index (κ2) is 5.00. The van der Waals surface area contributed by atoms with Crippen LogP contribution in [0.5, 0.6) is 0 Å². The first kappa shape index (κ1) is 15.3. The largest absolute Gasteiger partial charge is 0.334 e. The van der Waals surface area contributed by atoms with Crippen molar-refractivity contribution >= 4 is 25.6 Å². The van der Waals surface area contributed by atoms with Crippen LogP contribution < -0.4 is 0 Å². The lowest BCUT2D eigenvalue weighted by Gasteiger charge is -2.31. The summed E-state index contributed by atoms with van der Waals surface area (Å²) in [4.78, 5) is 13.4. The SMILES string of the molecule is CC1(C)CCCN1C(=O)c1ccc(F)c(S(=O)(=O)Cl)c1. The van der Waals surface area contributed by atoms with Crippen molar-refractivity contribution in [3.63, 3.8) is 0 Å². The van der Waals surface area contributed by atoms with Gasteiger partial charge in [0, 0.05) is 28.3 Å². The number of rotatable bonds is 2. The van der Waals surface area contributed by atoms with E-state index in [1.807, 2.05) is 13.8 Å². The molecule has 1 heterocycles. The zero-order valence-corrected chi connectivity index (χ0v) is 12.8. The minimum absolute atomic E-state index is 0.126. The second-order valence-electron chi connectivity index (χ2n) is 5.46.